The molecule has 6 heteroatoms. The van der Waals surface area contributed by atoms with Gasteiger partial charge in [-0.3, -0.25) is 4.79 Å². The molecule has 2 fully saturated rings. The van der Waals surface area contributed by atoms with Crippen molar-refractivity contribution >= 4 is 23.6 Å². The van der Waals surface area contributed by atoms with E-state index in [0.717, 1.165) is 50.5 Å². The van der Waals surface area contributed by atoms with Crippen molar-refractivity contribution in [2.75, 3.05) is 13.2 Å². The van der Waals surface area contributed by atoms with Crippen LogP contribution in [0.2, 0.25) is 5.02 Å². The van der Waals surface area contributed by atoms with E-state index in [1.807, 2.05) is 36.1 Å². The van der Waals surface area contributed by atoms with Gasteiger partial charge in [0.05, 0.1) is 24.6 Å². The van der Waals surface area contributed by atoms with Crippen LogP contribution in [0.5, 0.6) is 0 Å². The Morgan fingerprint density at radius 1 is 1.22 bits per heavy atom. The smallest absolute Gasteiger partial charge is 0.318 e. The molecule has 3 rings (SSSR count). The zero-order valence-corrected chi connectivity index (χ0v) is 16.8. The van der Waals surface area contributed by atoms with Crippen LogP contribution in [0.25, 0.3) is 0 Å². The second-order valence-corrected chi connectivity index (χ2v) is 8.03. The van der Waals surface area contributed by atoms with Gasteiger partial charge in [0.1, 0.15) is 0 Å². The van der Waals surface area contributed by atoms with Gasteiger partial charge in [-0.1, -0.05) is 49.1 Å². The van der Waals surface area contributed by atoms with Crippen molar-refractivity contribution in [1.82, 2.24) is 10.2 Å². The first-order valence-electron chi connectivity index (χ1n) is 10.0. The molecule has 2 amide bonds. The maximum absolute atomic E-state index is 13.2. The highest BCUT2D eigenvalue weighted by molar-refractivity contribution is 6.31. The largest absolute Gasteiger partial charge is 0.466 e. The van der Waals surface area contributed by atoms with Crippen LogP contribution in [0, 0.1) is 0 Å². The van der Waals surface area contributed by atoms with E-state index >= 15 is 0 Å². The molecule has 0 radical (unpaired) electrons. The number of urea groups is 1. The third-order valence-corrected chi connectivity index (χ3v) is 6.09. The van der Waals surface area contributed by atoms with E-state index in [2.05, 4.69) is 5.32 Å². The van der Waals surface area contributed by atoms with Crippen molar-refractivity contribution in [3.63, 3.8) is 0 Å². The van der Waals surface area contributed by atoms with Crippen LogP contribution in [-0.2, 0) is 9.53 Å². The molecule has 1 heterocycles. The Kier molecular flexibility index (Phi) is 6.64. The molecule has 2 aliphatic rings. The molecule has 148 valence electrons. The van der Waals surface area contributed by atoms with Crippen LogP contribution in [0.4, 0.5) is 4.79 Å². The van der Waals surface area contributed by atoms with Gasteiger partial charge in [0, 0.05) is 11.6 Å². The summed E-state index contributed by atoms with van der Waals surface area (Å²) in [5, 5.41) is 3.92. The Morgan fingerprint density at radius 3 is 2.67 bits per heavy atom. The summed E-state index contributed by atoms with van der Waals surface area (Å²) in [7, 11) is 0. The van der Waals surface area contributed by atoms with Crippen molar-refractivity contribution in [3.05, 3.63) is 34.9 Å². The predicted molar refractivity (Wildman–Crippen MR) is 106 cm³/mol. The van der Waals surface area contributed by atoms with E-state index in [1.165, 1.54) is 0 Å². The van der Waals surface area contributed by atoms with E-state index < -0.39 is 5.54 Å². The number of carbonyl (C=O) groups excluding carboxylic acids is 2. The maximum atomic E-state index is 13.2. The number of ether oxygens (including phenoxy) is 1. The molecule has 0 bridgehead atoms. The lowest BCUT2D eigenvalue weighted by molar-refractivity contribution is -0.145. The second kappa shape index (κ2) is 8.96. The van der Waals surface area contributed by atoms with Crippen LogP contribution >= 0.6 is 11.6 Å². The van der Waals surface area contributed by atoms with Gasteiger partial charge in [0.15, 0.2) is 0 Å². The SMILES string of the molecule is CCOC(=O)CC1(NC(=O)N2CCC[C@H]2c2ccccc2Cl)CCCCC1. The van der Waals surface area contributed by atoms with Crippen LogP contribution in [0.1, 0.15) is 69.9 Å². The number of hydrogen-bond acceptors (Lipinski definition) is 3. The van der Waals surface area contributed by atoms with E-state index in [-0.39, 0.29) is 24.5 Å². The number of rotatable bonds is 5. The number of carbonyl (C=O) groups is 2. The molecule has 5 nitrogen and oxygen atoms in total. The summed E-state index contributed by atoms with van der Waals surface area (Å²) in [5.74, 6) is -0.233. The van der Waals surface area contributed by atoms with Crippen molar-refractivity contribution in [1.29, 1.82) is 0 Å². The molecule has 1 saturated heterocycles. The number of nitrogens with one attached hydrogen (secondary N) is 1. The molecule has 1 aliphatic heterocycles. The average molecular weight is 393 g/mol. The van der Waals surface area contributed by atoms with Gasteiger partial charge in [-0.05, 0) is 44.2 Å². The standard InChI is InChI=1S/C21H29ClN2O3/c1-2-27-19(25)15-21(12-6-3-7-13-21)23-20(26)24-14-8-11-18(24)16-9-4-5-10-17(16)22/h4-5,9-10,18H,2-3,6-8,11-15H2,1H3,(H,23,26)/t18-/m0/s1. The van der Waals surface area contributed by atoms with Gasteiger partial charge in [-0.25, -0.2) is 4.79 Å². The van der Waals surface area contributed by atoms with Crippen molar-refractivity contribution in [3.8, 4) is 0 Å². The monoisotopic (exact) mass is 392 g/mol. The number of amides is 2. The first-order valence-corrected chi connectivity index (χ1v) is 10.4. The molecular weight excluding hydrogens is 364 g/mol. The van der Waals surface area contributed by atoms with Crippen LogP contribution in [-0.4, -0.2) is 35.6 Å². The van der Waals surface area contributed by atoms with Gasteiger partial charge in [0.25, 0.3) is 0 Å². The molecule has 1 N–H and O–H groups in total. The fraction of sp³-hybridized carbons (Fsp3) is 0.619. The molecule has 1 aromatic rings. The first kappa shape index (κ1) is 20.0. The summed E-state index contributed by atoms with van der Waals surface area (Å²) < 4.78 is 5.16. The van der Waals surface area contributed by atoms with Crippen molar-refractivity contribution in [2.24, 2.45) is 0 Å². The van der Waals surface area contributed by atoms with Crippen LogP contribution < -0.4 is 5.32 Å². The average Bonchev–Trinajstić information content (AvgIpc) is 3.12. The van der Waals surface area contributed by atoms with E-state index in [4.69, 9.17) is 16.3 Å². The molecule has 0 aromatic heterocycles. The van der Waals surface area contributed by atoms with Gasteiger partial charge < -0.3 is 15.0 Å². The van der Waals surface area contributed by atoms with E-state index in [9.17, 15) is 9.59 Å². The number of likely N-dealkylation sites (tertiary alicyclic amines) is 1. The van der Waals surface area contributed by atoms with Gasteiger partial charge in [-0.15, -0.1) is 0 Å². The van der Waals surface area contributed by atoms with Gasteiger partial charge >= 0.3 is 12.0 Å². The molecule has 1 saturated carbocycles. The molecule has 0 spiro atoms. The lowest BCUT2D eigenvalue weighted by Crippen LogP contribution is -2.55. The van der Waals surface area contributed by atoms with Crippen LogP contribution in [0.15, 0.2) is 24.3 Å². The fourth-order valence-electron chi connectivity index (χ4n) is 4.44. The number of benzene rings is 1. The quantitative estimate of drug-likeness (QED) is 0.729. The highest BCUT2D eigenvalue weighted by atomic mass is 35.5. The number of esters is 1. The lowest BCUT2D eigenvalue weighted by atomic mass is 9.79. The van der Waals surface area contributed by atoms with Gasteiger partial charge in [0.2, 0.25) is 0 Å². The molecule has 27 heavy (non-hydrogen) atoms. The molecule has 1 aliphatic carbocycles. The zero-order chi connectivity index (χ0) is 19.3. The molecule has 0 unspecified atom stereocenters. The first-order chi connectivity index (χ1) is 13.0. The Labute approximate surface area is 166 Å². The Hall–Kier alpha value is -1.75. The summed E-state index contributed by atoms with van der Waals surface area (Å²) in [4.78, 5) is 27.2. The van der Waals surface area contributed by atoms with E-state index in [0.29, 0.717) is 18.2 Å². The lowest BCUT2D eigenvalue weighted by Gasteiger charge is -2.39. The number of nitrogens with zero attached hydrogens (tertiary/aromatic N) is 1. The third kappa shape index (κ3) is 4.75. The fourth-order valence-corrected chi connectivity index (χ4v) is 4.70. The summed E-state index contributed by atoms with van der Waals surface area (Å²) in [6.45, 7) is 2.88. The third-order valence-electron chi connectivity index (χ3n) is 5.75. The highest BCUT2D eigenvalue weighted by Crippen LogP contribution is 2.37. The van der Waals surface area contributed by atoms with Crippen molar-refractivity contribution in [2.45, 2.75) is 69.9 Å². The van der Waals surface area contributed by atoms with Crippen molar-refractivity contribution < 1.29 is 14.3 Å². The predicted octanol–water partition coefficient (Wildman–Crippen LogP) is 4.84. The minimum atomic E-state index is -0.491. The van der Waals surface area contributed by atoms with Gasteiger partial charge in [-0.2, -0.15) is 0 Å². The summed E-state index contributed by atoms with van der Waals surface area (Å²) in [6.07, 6.45) is 6.94. The van der Waals surface area contributed by atoms with Crippen LogP contribution in [0.3, 0.4) is 0 Å². The normalized spacial score (nSPS) is 21.7. The topological polar surface area (TPSA) is 58.6 Å². The Morgan fingerprint density at radius 2 is 1.96 bits per heavy atom. The minimum absolute atomic E-state index is 0.0121. The Balaban J connectivity index is 1.74. The van der Waals surface area contributed by atoms with E-state index in [1.54, 1.807) is 0 Å². The maximum Gasteiger partial charge on any atom is 0.318 e. The second-order valence-electron chi connectivity index (χ2n) is 7.63. The molecule has 1 aromatic carbocycles. The summed E-state index contributed by atoms with van der Waals surface area (Å²) in [5.41, 5.74) is 0.504. The molecular formula is C21H29ClN2O3. The Bertz CT molecular complexity index is 673. The number of hydrogen-bond donors (Lipinski definition) is 1. The minimum Gasteiger partial charge on any atom is -0.466 e. The summed E-state index contributed by atoms with van der Waals surface area (Å²) >= 11 is 6.38. The summed E-state index contributed by atoms with van der Waals surface area (Å²) in [6, 6.07) is 7.62. The number of halogens is 1. The molecule has 1 atom stereocenters. The zero-order valence-electron chi connectivity index (χ0n) is 16.0. The highest BCUT2D eigenvalue weighted by Gasteiger charge is 2.39.